The molecule has 29 heavy (non-hydrogen) atoms. The molecule has 9 nitrogen and oxygen atoms in total. The molecule has 158 valence electrons. The van der Waals surface area contributed by atoms with Gasteiger partial charge in [-0.3, -0.25) is 24.6 Å². The van der Waals surface area contributed by atoms with Crippen LogP contribution in [0, 0.1) is 10.1 Å². The molecule has 0 fully saturated rings. The van der Waals surface area contributed by atoms with Crippen molar-refractivity contribution in [1.29, 1.82) is 0 Å². The van der Waals surface area contributed by atoms with E-state index in [0.29, 0.717) is 44.8 Å². The van der Waals surface area contributed by atoms with Crippen LogP contribution in [0.1, 0.15) is 25.3 Å². The van der Waals surface area contributed by atoms with E-state index in [1.54, 1.807) is 19.1 Å². The Morgan fingerprint density at radius 3 is 2.10 bits per heavy atom. The van der Waals surface area contributed by atoms with E-state index in [1.807, 2.05) is 6.92 Å². The van der Waals surface area contributed by atoms with Gasteiger partial charge >= 0.3 is 0 Å². The van der Waals surface area contributed by atoms with Crippen LogP contribution in [0.15, 0.2) is 30.0 Å². The van der Waals surface area contributed by atoms with E-state index < -0.39 is 4.92 Å². The van der Waals surface area contributed by atoms with Gasteiger partial charge in [-0.2, -0.15) is 0 Å². The number of methoxy groups -OCH3 is 2. The molecule has 0 N–H and O–H groups in total. The smallest absolute Gasteiger partial charge is 0.277 e. The van der Waals surface area contributed by atoms with Crippen molar-refractivity contribution in [3.05, 3.63) is 45.6 Å². The van der Waals surface area contributed by atoms with Crippen molar-refractivity contribution in [1.82, 2.24) is 9.80 Å². The third-order valence-corrected chi connectivity index (χ3v) is 4.69. The van der Waals surface area contributed by atoms with Crippen LogP contribution in [-0.2, 0) is 19.1 Å². The summed E-state index contributed by atoms with van der Waals surface area (Å²) in [4.78, 5) is 39.8. The van der Waals surface area contributed by atoms with Crippen LogP contribution >= 0.6 is 0 Å². The zero-order valence-corrected chi connectivity index (χ0v) is 17.1. The van der Waals surface area contributed by atoms with Crippen molar-refractivity contribution >= 4 is 23.1 Å². The van der Waals surface area contributed by atoms with Gasteiger partial charge in [-0.1, -0.05) is 13.3 Å². The fraction of sp³-hybridized carbons (Fsp3) is 0.500. The molecule has 0 unspecified atom stereocenters. The van der Waals surface area contributed by atoms with Gasteiger partial charge in [0.2, 0.25) is 0 Å². The summed E-state index contributed by atoms with van der Waals surface area (Å²) in [5, 5.41) is 11.0. The molecule has 0 radical (unpaired) electrons. The van der Waals surface area contributed by atoms with E-state index in [0.717, 1.165) is 6.42 Å². The summed E-state index contributed by atoms with van der Waals surface area (Å²) in [7, 11) is 3.13. The van der Waals surface area contributed by atoms with Crippen LogP contribution in [0.3, 0.4) is 0 Å². The highest BCUT2D eigenvalue weighted by Gasteiger charge is 2.41. The molecule has 0 atom stereocenters. The van der Waals surface area contributed by atoms with Crippen molar-refractivity contribution < 1.29 is 24.0 Å². The highest BCUT2D eigenvalue weighted by molar-refractivity contribution is 6.35. The second kappa shape index (κ2) is 10.7. The van der Waals surface area contributed by atoms with Gasteiger partial charge in [-0.15, -0.1) is 0 Å². The molecule has 0 aromatic heterocycles. The minimum atomic E-state index is -0.502. The number of benzene rings is 1. The lowest BCUT2D eigenvalue weighted by Crippen LogP contribution is -2.38. The van der Waals surface area contributed by atoms with Crippen LogP contribution in [0.25, 0.3) is 5.57 Å². The van der Waals surface area contributed by atoms with Crippen LogP contribution in [0.4, 0.5) is 5.69 Å². The van der Waals surface area contributed by atoms with Crippen molar-refractivity contribution in [3.8, 4) is 0 Å². The minimum Gasteiger partial charge on any atom is -0.383 e. The maximum atomic E-state index is 13.2. The van der Waals surface area contributed by atoms with Gasteiger partial charge in [0.15, 0.2) is 0 Å². The van der Waals surface area contributed by atoms with E-state index in [2.05, 4.69) is 0 Å². The number of ether oxygens (including phenoxy) is 2. The number of nitro groups is 1. The van der Waals surface area contributed by atoms with Crippen molar-refractivity contribution in [3.63, 3.8) is 0 Å². The first kappa shape index (κ1) is 22.5. The average Bonchev–Trinajstić information content (AvgIpc) is 2.96. The van der Waals surface area contributed by atoms with Crippen molar-refractivity contribution in [2.24, 2.45) is 0 Å². The van der Waals surface area contributed by atoms with E-state index in [4.69, 9.17) is 9.47 Å². The van der Waals surface area contributed by atoms with Crippen molar-refractivity contribution in [2.45, 2.75) is 19.8 Å². The predicted molar refractivity (Wildman–Crippen MR) is 107 cm³/mol. The molecular formula is C20H27N3O6. The second-order valence-corrected chi connectivity index (χ2v) is 6.62. The van der Waals surface area contributed by atoms with Gasteiger partial charge in [0, 0.05) is 46.0 Å². The molecule has 2 amide bonds. The van der Waals surface area contributed by atoms with Gasteiger partial charge in [0.25, 0.3) is 17.5 Å². The molecule has 0 saturated heterocycles. The molecule has 1 aromatic rings. The Kier molecular flexibility index (Phi) is 8.29. The molecule has 1 heterocycles. The first-order valence-electron chi connectivity index (χ1n) is 9.54. The molecular weight excluding hydrogens is 378 g/mol. The number of amides is 2. The lowest BCUT2D eigenvalue weighted by atomic mass is 10.0. The summed E-state index contributed by atoms with van der Waals surface area (Å²) in [5.41, 5.74) is 0.941. The zero-order valence-electron chi connectivity index (χ0n) is 17.1. The normalized spacial score (nSPS) is 14.1. The molecule has 9 heteroatoms. The van der Waals surface area contributed by atoms with E-state index >= 15 is 0 Å². The van der Waals surface area contributed by atoms with E-state index in [-0.39, 0.29) is 28.8 Å². The second-order valence-electron chi connectivity index (χ2n) is 6.62. The predicted octanol–water partition coefficient (Wildman–Crippen LogP) is 2.07. The number of non-ortho nitro benzene ring substituents is 1. The number of rotatable bonds is 12. The number of nitro benzene ring substituents is 1. The number of imide groups is 1. The molecule has 2 rings (SSSR count). The van der Waals surface area contributed by atoms with Gasteiger partial charge in [-0.05, 0) is 24.1 Å². The Bertz CT molecular complexity index is 767. The highest BCUT2D eigenvalue weighted by Crippen LogP contribution is 2.32. The Morgan fingerprint density at radius 1 is 1.03 bits per heavy atom. The number of carbonyl (C=O) groups is 2. The summed E-state index contributed by atoms with van der Waals surface area (Å²) in [6.07, 6.45) is 1.55. The summed E-state index contributed by atoms with van der Waals surface area (Å²) in [6, 6.07) is 5.68. The van der Waals surface area contributed by atoms with Crippen LogP contribution in [0.2, 0.25) is 0 Å². The van der Waals surface area contributed by atoms with Gasteiger partial charge < -0.3 is 14.4 Å². The SMILES string of the molecule is CCCCN1C(=O)C(c2ccc([N+](=O)[O-])cc2)=C(N(CCOC)CCOC)C1=O. The fourth-order valence-corrected chi connectivity index (χ4v) is 3.12. The fourth-order valence-electron chi connectivity index (χ4n) is 3.12. The van der Waals surface area contributed by atoms with Crippen LogP contribution in [-0.4, -0.2) is 73.6 Å². The Morgan fingerprint density at radius 2 is 1.62 bits per heavy atom. The quantitative estimate of drug-likeness (QED) is 0.298. The molecule has 0 bridgehead atoms. The van der Waals surface area contributed by atoms with Crippen LogP contribution in [0.5, 0.6) is 0 Å². The standard InChI is InChI=1S/C20H27N3O6/c1-4-5-10-22-19(24)17(15-6-8-16(9-7-15)23(26)27)18(20(22)25)21(11-13-28-2)12-14-29-3/h6-9H,4-5,10-14H2,1-3H3. The number of carbonyl (C=O) groups excluding carboxylic acids is 2. The van der Waals surface area contributed by atoms with Crippen molar-refractivity contribution in [2.75, 3.05) is 47.1 Å². The van der Waals surface area contributed by atoms with E-state index in [1.165, 1.54) is 29.2 Å². The maximum Gasteiger partial charge on any atom is 0.277 e. The largest absolute Gasteiger partial charge is 0.383 e. The van der Waals surface area contributed by atoms with Crippen LogP contribution < -0.4 is 0 Å². The Hall–Kier alpha value is -2.78. The number of hydrogen-bond donors (Lipinski definition) is 0. The Balaban J connectivity index is 2.51. The molecule has 1 aliphatic rings. The van der Waals surface area contributed by atoms with E-state index in [9.17, 15) is 19.7 Å². The maximum absolute atomic E-state index is 13.2. The van der Waals surface area contributed by atoms with Gasteiger partial charge in [0.1, 0.15) is 5.70 Å². The first-order valence-corrected chi connectivity index (χ1v) is 9.54. The minimum absolute atomic E-state index is 0.0777. The number of unbranched alkanes of at least 4 members (excludes halogenated alkanes) is 1. The Labute approximate surface area is 170 Å². The molecule has 1 aromatic carbocycles. The topological polar surface area (TPSA) is 102 Å². The lowest BCUT2D eigenvalue weighted by molar-refractivity contribution is -0.384. The average molecular weight is 405 g/mol. The third kappa shape index (κ3) is 5.18. The molecule has 1 aliphatic heterocycles. The summed E-state index contributed by atoms with van der Waals surface area (Å²) >= 11 is 0. The number of nitrogens with zero attached hydrogens (tertiary/aromatic N) is 3. The lowest BCUT2D eigenvalue weighted by Gasteiger charge is -2.25. The molecule has 0 saturated carbocycles. The monoisotopic (exact) mass is 405 g/mol. The van der Waals surface area contributed by atoms with Gasteiger partial charge in [0.05, 0.1) is 23.7 Å². The molecule has 0 aliphatic carbocycles. The highest BCUT2D eigenvalue weighted by atomic mass is 16.6. The summed E-state index contributed by atoms with van der Waals surface area (Å²) < 4.78 is 10.3. The number of hydrogen-bond acceptors (Lipinski definition) is 7. The third-order valence-electron chi connectivity index (χ3n) is 4.69. The summed E-state index contributed by atoms with van der Waals surface area (Å²) in [6.45, 7) is 3.88. The summed E-state index contributed by atoms with van der Waals surface area (Å²) in [5.74, 6) is -0.740. The zero-order chi connectivity index (χ0) is 21.4. The molecule has 0 spiro atoms. The first-order chi connectivity index (χ1) is 14.0. The van der Waals surface area contributed by atoms with Gasteiger partial charge in [-0.25, -0.2) is 0 Å².